The SMILES string of the molecule is CN1CCC(CCNC(=O)c2ccc(Cl)nc2)CC1. The van der Waals surface area contributed by atoms with E-state index in [1.807, 2.05) is 0 Å². The number of likely N-dealkylation sites (tertiary alicyclic amines) is 1. The van der Waals surface area contributed by atoms with Crippen molar-refractivity contribution < 1.29 is 4.79 Å². The van der Waals surface area contributed by atoms with Gasteiger partial charge in [0.25, 0.3) is 5.91 Å². The van der Waals surface area contributed by atoms with E-state index in [0.29, 0.717) is 10.7 Å². The molecule has 1 aliphatic heterocycles. The van der Waals surface area contributed by atoms with Gasteiger partial charge in [-0.05, 0) is 57.5 Å². The normalized spacial score (nSPS) is 17.4. The van der Waals surface area contributed by atoms with Crippen LogP contribution < -0.4 is 5.32 Å². The van der Waals surface area contributed by atoms with Gasteiger partial charge in [-0.15, -0.1) is 0 Å². The number of amides is 1. The summed E-state index contributed by atoms with van der Waals surface area (Å²) in [5.74, 6) is 0.664. The number of hydrogen-bond donors (Lipinski definition) is 1. The Morgan fingerprint density at radius 1 is 1.47 bits per heavy atom. The van der Waals surface area contributed by atoms with E-state index in [1.165, 1.54) is 32.1 Å². The van der Waals surface area contributed by atoms with Crippen LogP contribution in [-0.2, 0) is 0 Å². The van der Waals surface area contributed by atoms with Gasteiger partial charge in [-0.2, -0.15) is 0 Å². The molecule has 1 amide bonds. The monoisotopic (exact) mass is 281 g/mol. The molecule has 1 aliphatic rings. The summed E-state index contributed by atoms with van der Waals surface area (Å²) < 4.78 is 0. The molecule has 19 heavy (non-hydrogen) atoms. The van der Waals surface area contributed by atoms with Gasteiger partial charge in [-0.1, -0.05) is 11.6 Å². The molecule has 1 fully saturated rings. The lowest BCUT2D eigenvalue weighted by atomic mass is 9.94. The highest BCUT2D eigenvalue weighted by Gasteiger charge is 2.16. The molecule has 0 spiro atoms. The highest BCUT2D eigenvalue weighted by Crippen LogP contribution is 2.18. The van der Waals surface area contributed by atoms with E-state index in [2.05, 4.69) is 22.2 Å². The number of rotatable bonds is 4. The van der Waals surface area contributed by atoms with Crippen LogP contribution >= 0.6 is 11.6 Å². The van der Waals surface area contributed by atoms with Gasteiger partial charge >= 0.3 is 0 Å². The second-order valence-electron chi connectivity index (χ2n) is 5.16. The Morgan fingerprint density at radius 3 is 2.84 bits per heavy atom. The smallest absolute Gasteiger partial charge is 0.252 e. The molecule has 1 N–H and O–H groups in total. The fraction of sp³-hybridized carbons (Fsp3) is 0.571. The quantitative estimate of drug-likeness (QED) is 0.861. The number of piperidine rings is 1. The van der Waals surface area contributed by atoms with Crippen LogP contribution in [0.1, 0.15) is 29.6 Å². The topological polar surface area (TPSA) is 45.2 Å². The molecular weight excluding hydrogens is 262 g/mol. The summed E-state index contributed by atoms with van der Waals surface area (Å²) in [4.78, 5) is 18.1. The maximum Gasteiger partial charge on any atom is 0.252 e. The van der Waals surface area contributed by atoms with E-state index in [-0.39, 0.29) is 5.91 Å². The number of carbonyl (C=O) groups is 1. The second kappa shape index (κ2) is 6.87. The van der Waals surface area contributed by atoms with Crippen molar-refractivity contribution in [1.82, 2.24) is 15.2 Å². The summed E-state index contributed by atoms with van der Waals surface area (Å²) in [5, 5.41) is 3.35. The zero-order valence-corrected chi connectivity index (χ0v) is 12.0. The Hall–Kier alpha value is -1.13. The minimum absolute atomic E-state index is 0.0721. The van der Waals surface area contributed by atoms with Crippen molar-refractivity contribution in [2.45, 2.75) is 19.3 Å². The highest BCUT2D eigenvalue weighted by molar-refractivity contribution is 6.29. The van der Waals surface area contributed by atoms with Gasteiger partial charge in [0.2, 0.25) is 0 Å². The Bertz CT molecular complexity index is 413. The molecule has 1 saturated heterocycles. The molecule has 2 heterocycles. The summed E-state index contributed by atoms with van der Waals surface area (Å²) in [6.45, 7) is 3.06. The molecule has 0 aromatic carbocycles. The summed E-state index contributed by atoms with van der Waals surface area (Å²) in [5.41, 5.74) is 0.563. The van der Waals surface area contributed by atoms with Crippen molar-refractivity contribution in [3.63, 3.8) is 0 Å². The number of hydrogen-bond acceptors (Lipinski definition) is 3. The van der Waals surface area contributed by atoms with E-state index in [0.717, 1.165) is 18.9 Å². The van der Waals surface area contributed by atoms with Crippen LogP contribution in [0, 0.1) is 5.92 Å². The number of carbonyl (C=O) groups excluding carboxylic acids is 1. The largest absolute Gasteiger partial charge is 0.352 e. The molecule has 0 saturated carbocycles. The van der Waals surface area contributed by atoms with Crippen molar-refractivity contribution in [3.05, 3.63) is 29.0 Å². The fourth-order valence-corrected chi connectivity index (χ4v) is 2.46. The van der Waals surface area contributed by atoms with Crippen LogP contribution in [0.25, 0.3) is 0 Å². The minimum Gasteiger partial charge on any atom is -0.352 e. The first-order chi connectivity index (χ1) is 9.15. The van der Waals surface area contributed by atoms with Crippen LogP contribution in [0.15, 0.2) is 18.3 Å². The average molecular weight is 282 g/mol. The van der Waals surface area contributed by atoms with Gasteiger partial charge in [0.05, 0.1) is 5.56 Å². The van der Waals surface area contributed by atoms with Crippen molar-refractivity contribution in [1.29, 1.82) is 0 Å². The average Bonchev–Trinajstić information content (AvgIpc) is 2.41. The number of nitrogens with one attached hydrogen (secondary N) is 1. The predicted molar refractivity (Wildman–Crippen MR) is 76.4 cm³/mol. The Balaban J connectivity index is 1.70. The third kappa shape index (κ3) is 4.48. The molecule has 1 aromatic rings. The highest BCUT2D eigenvalue weighted by atomic mass is 35.5. The van der Waals surface area contributed by atoms with Crippen LogP contribution in [0.5, 0.6) is 0 Å². The number of aromatic nitrogens is 1. The van der Waals surface area contributed by atoms with E-state index in [4.69, 9.17) is 11.6 Å². The Morgan fingerprint density at radius 2 is 2.21 bits per heavy atom. The van der Waals surface area contributed by atoms with E-state index < -0.39 is 0 Å². The molecule has 2 rings (SSSR count). The van der Waals surface area contributed by atoms with Crippen molar-refractivity contribution in [2.24, 2.45) is 5.92 Å². The van der Waals surface area contributed by atoms with Gasteiger partial charge in [0.15, 0.2) is 0 Å². The maximum absolute atomic E-state index is 11.8. The zero-order chi connectivity index (χ0) is 13.7. The summed E-state index contributed by atoms with van der Waals surface area (Å²) >= 11 is 5.69. The molecule has 4 nitrogen and oxygen atoms in total. The first kappa shape index (κ1) is 14.3. The number of pyridine rings is 1. The molecule has 0 bridgehead atoms. The minimum atomic E-state index is -0.0721. The van der Waals surface area contributed by atoms with Crippen molar-refractivity contribution in [3.8, 4) is 0 Å². The van der Waals surface area contributed by atoms with Gasteiger partial charge in [-0.25, -0.2) is 4.98 Å². The van der Waals surface area contributed by atoms with Gasteiger partial charge in [0.1, 0.15) is 5.15 Å². The van der Waals surface area contributed by atoms with Crippen LogP contribution in [0.4, 0.5) is 0 Å². The third-order valence-corrected chi connectivity index (χ3v) is 3.89. The Kier molecular flexibility index (Phi) is 5.16. The van der Waals surface area contributed by atoms with Gasteiger partial charge in [0, 0.05) is 12.7 Å². The molecule has 0 atom stereocenters. The van der Waals surface area contributed by atoms with E-state index >= 15 is 0 Å². The number of halogens is 1. The lowest BCUT2D eigenvalue weighted by molar-refractivity contribution is 0.0948. The van der Waals surface area contributed by atoms with Crippen LogP contribution in [0.3, 0.4) is 0 Å². The molecule has 0 aliphatic carbocycles. The van der Waals surface area contributed by atoms with Crippen LogP contribution in [0.2, 0.25) is 5.15 Å². The van der Waals surface area contributed by atoms with Gasteiger partial charge < -0.3 is 10.2 Å². The third-order valence-electron chi connectivity index (χ3n) is 3.67. The molecule has 1 aromatic heterocycles. The summed E-state index contributed by atoms with van der Waals surface area (Å²) in [7, 11) is 2.16. The standard InChI is InChI=1S/C14H20ClN3O/c1-18-8-5-11(6-9-18)4-7-16-14(19)12-2-3-13(15)17-10-12/h2-3,10-11H,4-9H2,1H3,(H,16,19). The number of nitrogens with zero attached hydrogens (tertiary/aromatic N) is 2. The van der Waals surface area contributed by atoms with E-state index in [9.17, 15) is 4.79 Å². The van der Waals surface area contributed by atoms with Crippen molar-refractivity contribution in [2.75, 3.05) is 26.7 Å². The van der Waals surface area contributed by atoms with Crippen LogP contribution in [-0.4, -0.2) is 42.5 Å². The fourth-order valence-electron chi connectivity index (χ4n) is 2.35. The molecule has 5 heteroatoms. The van der Waals surface area contributed by atoms with Crippen molar-refractivity contribution >= 4 is 17.5 Å². The summed E-state index contributed by atoms with van der Waals surface area (Å²) in [6.07, 6.45) is 5.03. The lowest BCUT2D eigenvalue weighted by Gasteiger charge is -2.28. The predicted octanol–water partition coefficient (Wildman–Crippen LogP) is 2.20. The zero-order valence-electron chi connectivity index (χ0n) is 11.2. The molecule has 0 unspecified atom stereocenters. The molecular formula is C14H20ClN3O. The lowest BCUT2D eigenvalue weighted by Crippen LogP contribution is -2.32. The second-order valence-corrected chi connectivity index (χ2v) is 5.55. The van der Waals surface area contributed by atoms with Gasteiger partial charge in [-0.3, -0.25) is 4.79 Å². The summed E-state index contributed by atoms with van der Waals surface area (Å²) in [6, 6.07) is 3.33. The van der Waals surface area contributed by atoms with E-state index in [1.54, 1.807) is 12.1 Å². The maximum atomic E-state index is 11.8. The first-order valence-electron chi connectivity index (χ1n) is 6.73. The molecule has 104 valence electrons. The Labute approximate surface area is 119 Å². The molecule has 0 radical (unpaired) electrons. The first-order valence-corrected chi connectivity index (χ1v) is 7.11.